The maximum absolute atomic E-state index is 12.1. The van der Waals surface area contributed by atoms with Gasteiger partial charge in [0.2, 0.25) is 0 Å². The number of aromatic nitrogens is 2. The van der Waals surface area contributed by atoms with Crippen LogP contribution in [-0.4, -0.2) is 15.9 Å². The second-order valence-corrected chi connectivity index (χ2v) is 6.15. The van der Waals surface area contributed by atoms with Gasteiger partial charge in [-0.25, -0.2) is 14.8 Å². The van der Waals surface area contributed by atoms with E-state index in [4.69, 9.17) is 27.9 Å². The fourth-order valence-corrected chi connectivity index (χ4v) is 2.75. The largest absolute Gasteiger partial charge is 0.457 e. The predicted octanol–water partition coefficient (Wildman–Crippen LogP) is 4.91. The van der Waals surface area contributed by atoms with Gasteiger partial charge in [-0.2, -0.15) is 0 Å². The summed E-state index contributed by atoms with van der Waals surface area (Å²) in [5.74, 6) is -0.552. The molecule has 0 radical (unpaired) electrons. The van der Waals surface area contributed by atoms with Crippen molar-refractivity contribution in [2.75, 3.05) is 0 Å². The number of rotatable bonds is 3. The van der Waals surface area contributed by atoms with Crippen LogP contribution in [0.2, 0.25) is 10.3 Å². The summed E-state index contributed by atoms with van der Waals surface area (Å²) in [5, 5.41) is 1.38. The molecule has 0 N–H and O–H groups in total. The lowest BCUT2D eigenvalue weighted by atomic mass is 10.0. The van der Waals surface area contributed by atoms with Gasteiger partial charge in [-0.1, -0.05) is 35.3 Å². The fourth-order valence-electron chi connectivity index (χ4n) is 2.36. The molecule has 3 rings (SSSR count). The van der Waals surface area contributed by atoms with E-state index in [1.807, 2.05) is 32.0 Å². The summed E-state index contributed by atoms with van der Waals surface area (Å²) >= 11 is 12.1. The third-order valence-electron chi connectivity index (χ3n) is 3.88. The number of pyridine rings is 2. The van der Waals surface area contributed by atoms with E-state index >= 15 is 0 Å². The van der Waals surface area contributed by atoms with Gasteiger partial charge >= 0.3 is 5.97 Å². The van der Waals surface area contributed by atoms with Crippen LogP contribution in [0.25, 0.3) is 10.9 Å². The van der Waals surface area contributed by atoms with Crippen molar-refractivity contribution in [3.63, 3.8) is 0 Å². The van der Waals surface area contributed by atoms with Gasteiger partial charge in [0.25, 0.3) is 0 Å². The smallest absolute Gasteiger partial charge is 0.341 e. The zero-order valence-electron chi connectivity index (χ0n) is 13.1. The Bertz CT molecular complexity index is 942. The predicted molar refractivity (Wildman–Crippen MR) is 94.6 cm³/mol. The number of hydrogen-bond donors (Lipinski definition) is 0. The van der Waals surface area contributed by atoms with Crippen molar-refractivity contribution in [3.05, 3.63) is 69.1 Å². The third-order valence-corrected chi connectivity index (χ3v) is 4.50. The van der Waals surface area contributed by atoms with Gasteiger partial charge in [-0.3, -0.25) is 0 Å². The molecule has 2 aromatic heterocycles. The number of aryl methyl sites for hydroxylation is 2. The first-order chi connectivity index (χ1) is 11.5. The van der Waals surface area contributed by atoms with Gasteiger partial charge in [-0.15, -0.1) is 0 Å². The molecule has 0 aliphatic heterocycles. The molecule has 0 saturated carbocycles. The molecule has 0 amide bonds. The molecule has 6 heteroatoms. The second-order valence-electron chi connectivity index (χ2n) is 5.44. The summed E-state index contributed by atoms with van der Waals surface area (Å²) < 4.78 is 5.29. The van der Waals surface area contributed by atoms with Gasteiger partial charge in [0, 0.05) is 17.1 Å². The molecule has 0 bridgehead atoms. The van der Waals surface area contributed by atoms with E-state index in [2.05, 4.69) is 9.97 Å². The summed E-state index contributed by atoms with van der Waals surface area (Å²) in [6, 6.07) is 9.07. The number of esters is 1. The van der Waals surface area contributed by atoms with E-state index in [1.165, 1.54) is 6.20 Å². The van der Waals surface area contributed by atoms with Crippen molar-refractivity contribution in [3.8, 4) is 0 Å². The molecule has 0 aliphatic rings. The quantitative estimate of drug-likeness (QED) is 0.491. The van der Waals surface area contributed by atoms with Crippen molar-refractivity contribution < 1.29 is 9.53 Å². The number of halogens is 2. The Balaban J connectivity index is 1.86. The van der Waals surface area contributed by atoms with Gasteiger partial charge < -0.3 is 4.74 Å². The van der Waals surface area contributed by atoms with Crippen LogP contribution >= 0.6 is 23.2 Å². The molecule has 3 aromatic rings. The Labute approximate surface area is 149 Å². The number of nitrogens with zero attached hydrogens (tertiary/aromatic N) is 2. The minimum absolute atomic E-state index is 0.0127. The van der Waals surface area contributed by atoms with Crippen LogP contribution in [0.4, 0.5) is 0 Å². The third kappa shape index (κ3) is 3.21. The first-order valence-electron chi connectivity index (χ1n) is 7.30. The standard InChI is InChI=1S/C18H14Cl2N2O2/c1-10-5-6-12-8-13(16(19)22-15(12)11(10)2)9-24-18(23)14-4-3-7-21-17(14)20/h3-8H,9H2,1-2H3. The zero-order valence-corrected chi connectivity index (χ0v) is 14.6. The fraction of sp³-hybridized carbons (Fsp3) is 0.167. The lowest BCUT2D eigenvalue weighted by Crippen LogP contribution is -2.07. The van der Waals surface area contributed by atoms with E-state index in [9.17, 15) is 4.79 Å². The highest BCUT2D eigenvalue weighted by molar-refractivity contribution is 6.32. The minimum atomic E-state index is -0.552. The molecule has 0 aliphatic carbocycles. The summed E-state index contributed by atoms with van der Waals surface area (Å²) in [6.07, 6.45) is 1.51. The number of benzene rings is 1. The lowest BCUT2D eigenvalue weighted by molar-refractivity contribution is 0.0472. The molecule has 1 aromatic carbocycles. The van der Waals surface area contributed by atoms with Crippen LogP contribution < -0.4 is 0 Å². The first-order valence-corrected chi connectivity index (χ1v) is 8.06. The number of hydrogen-bond acceptors (Lipinski definition) is 4. The number of carbonyl (C=O) groups is 1. The molecule has 0 fully saturated rings. The molecule has 0 saturated heterocycles. The number of ether oxygens (including phenoxy) is 1. The van der Waals surface area contributed by atoms with Crippen LogP contribution in [-0.2, 0) is 11.3 Å². The second kappa shape index (κ2) is 6.75. The molecule has 2 heterocycles. The number of carbonyl (C=O) groups excluding carboxylic acids is 1. The molecule has 4 nitrogen and oxygen atoms in total. The maximum atomic E-state index is 12.1. The van der Waals surface area contributed by atoms with Crippen molar-refractivity contribution in [2.24, 2.45) is 0 Å². The first kappa shape index (κ1) is 16.7. The molecular weight excluding hydrogens is 347 g/mol. The van der Waals surface area contributed by atoms with Crippen LogP contribution in [0.5, 0.6) is 0 Å². The Hall–Kier alpha value is -2.17. The average molecular weight is 361 g/mol. The van der Waals surface area contributed by atoms with Crippen LogP contribution in [0, 0.1) is 13.8 Å². The molecule has 24 heavy (non-hydrogen) atoms. The Morgan fingerprint density at radius 1 is 1.17 bits per heavy atom. The Kier molecular flexibility index (Phi) is 4.69. The van der Waals surface area contributed by atoms with E-state index in [1.54, 1.807) is 12.1 Å². The van der Waals surface area contributed by atoms with Crippen molar-refractivity contribution in [1.82, 2.24) is 9.97 Å². The summed E-state index contributed by atoms with van der Waals surface area (Å²) in [4.78, 5) is 20.4. The van der Waals surface area contributed by atoms with Gasteiger partial charge in [0.1, 0.15) is 16.9 Å². The minimum Gasteiger partial charge on any atom is -0.457 e. The van der Waals surface area contributed by atoms with Crippen molar-refractivity contribution in [2.45, 2.75) is 20.5 Å². The highest BCUT2D eigenvalue weighted by Crippen LogP contribution is 2.25. The van der Waals surface area contributed by atoms with E-state index in [0.29, 0.717) is 10.7 Å². The van der Waals surface area contributed by atoms with Crippen LogP contribution in [0.15, 0.2) is 36.5 Å². The SMILES string of the molecule is Cc1ccc2cc(COC(=O)c3cccnc3Cl)c(Cl)nc2c1C. The summed E-state index contributed by atoms with van der Waals surface area (Å²) in [6.45, 7) is 4.04. The molecule has 122 valence electrons. The van der Waals surface area contributed by atoms with E-state index < -0.39 is 5.97 Å². The topological polar surface area (TPSA) is 52.1 Å². The Morgan fingerprint density at radius 3 is 2.71 bits per heavy atom. The number of fused-ring (bicyclic) bond motifs is 1. The zero-order chi connectivity index (χ0) is 17.3. The average Bonchev–Trinajstić information content (AvgIpc) is 2.57. The van der Waals surface area contributed by atoms with E-state index in [-0.39, 0.29) is 17.3 Å². The summed E-state index contributed by atoms with van der Waals surface area (Å²) in [7, 11) is 0. The normalized spacial score (nSPS) is 10.8. The molecular formula is C18H14Cl2N2O2. The highest BCUT2D eigenvalue weighted by Gasteiger charge is 2.14. The Morgan fingerprint density at radius 2 is 1.96 bits per heavy atom. The van der Waals surface area contributed by atoms with Crippen LogP contribution in [0.3, 0.4) is 0 Å². The molecule has 0 atom stereocenters. The highest BCUT2D eigenvalue weighted by atomic mass is 35.5. The van der Waals surface area contributed by atoms with Crippen molar-refractivity contribution in [1.29, 1.82) is 0 Å². The molecule has 0 unspecified atom stereocenters. The monoisotopic (exact) mass is 360 g/mol. The van der Waals surface area contributed by atoms with Crippen molar-refractivity contribution >= 4 is 40.1 Å². The summed E-state index contributed by atoms with van der Waals surface area (Å²) in [5.41, 5.74) is 3.94. The van der Waals surface area contributed by atoms with Gasteiger partial charge in [0.15, 0.2) is 0 Å². The van der Waals surface area contributed by atoms with Gasteiger partial charge in [-0.05, 0) is 43.2 Å². The van der Waals surface area contributed by atoms with Crippen LogP contribution in [0.1, 0.15) is 27.0 Å². The molecule has 0 spiro atoms. The maximum Gasteiger partial charge on any atom is 0.341 e. The van der Waals surface area contributed by atoms with Gasteiger partial charge in [0.05, 0.1) is 11.1 Å². The lowest BCUT2D eigenvalue weighted by Gasteiger charge is -2.10. The van der Waals surface area contributed by atoms with E-state index in [0.717, 1.165) is 22.0 Å².